The van der Waals surface area contributed by atoms with Crippen molar-refractivity contribution in [1.29, 1.82) is 0 Å². The van der Waals surface area contributed by atoms with Crippen LogP contribution in [0.4, 0.5) is 0 Å². The first kappa shape index (κ1) is 18.9. The lowest BCUT2D eigenvalue weighted by Crippen LogP contribution is -2.14. The van der Waals surface area contributed by atoms with E-state index < -0.39 is 20.9 Å². The van der Waals surface area contributed by atoms with E-state index in [0.717, 1.165) is 0 Å². The molecule has 0 aliphatic rings. The fourth-order valence-corrected chi connectivity index (χ4v) is 3.71. The van der Waals surface area contributed by atoms with E-state index in [9.17, 15) is 13.2 Å². The van der Waals surface area contributed by atoms with Crippen LogP contribution in [-0.4, -0.2) is 30.9 Å². The Balaban J connectivity index is 2.06. The molecule has 140 valence electrons. The van der Waals surface area contributed by atoms with Gasteiger partial charge in [0, 0.05) is 18.7 Å². The smallest absolute Gasteiger partial charge is 0.360 e. The van der Waals surface area contributed by atoms with Gasteiger partial charge in [-0.15, -0.1) is 0 Å². The maximum atomic E-state index is 12.8. The molecule has 0 saturated carbocycles. The molecule has 0 amide bonds. The minimum atomic E-state index is -4.36. The fraction of sp³-hybridized carbons (Fsp3) is 0.111. The molecule has 27 heavy (non-hydrogen) atoms. The molecular weight excluding hydrogens is 392 g/mol. The molecule has 0 fully saturated rings. The lowest BCUT2D eigenvalue weighted by Gasteiger charge is -2.12. The van der Waals surface area contributed by atoms with Crippen LogP contribution in [0.5, 0.6) is 11.5 Å². The molecule has 0 atom stereocenters. The monoisotopic (exact) mass is 406 g/mol. The summed E-state index contributed by atoms with van der Waals surface area (Å²) in [5.74, 6) is -0.238. The summed E-state index contributed by atoms with van der Waals surface area (Å²) in [5.41, 5.74) is 0.457. The van der Waals surface area contributed by atoms with Crippen molar-refractivity contribution in [2.24, 2.45) is 7.05 Å². The zero-order valence-corrected chi connectivity index (χ0v) is 16.0. The second-order valence-corrected chi connectivity index (χ2v) is 7.37. The molecule has 0 saturated heterocycles. The standard InChI is InChI=1S/C18H15ClN2O5S/c1-21-11-20-18(17(21)19)27(23,24)26-15-10-13(25-2)8-9-14(15)16(22)12-6-4-3-5-7-12/h3-11H,1-2H3. The van der Waals surface area contributed by atoms with Gasteiger partial charge in [0.05, 0.1) is 19.0 Å². The normalized spacial score (nSPS) is 11.2. The zero-order chi connectivity index (χ0) is 19.6. The van der Waals surface area contributed by atoms with Crippen molar-refractivity contribution >= 4 is 27.5 Å². The van der Waals surface area contributed by atoms with Crippen molar-refractivity contribution in [3.8, 4) is 11.5 Å². The van der Waals surface area contributed by atoms with Gasteiger partial charge in [0.2, 0.25) is 5.03 Å². The van der Waals surface area contributed by atoms with Crippen molar-refractivity contribution in [3.63, 3.8) is 0 Å². The summed E-state index contributed by atoms with van der Waals surface area (Å²) in [4.78, 5) is 16.6. The Labute approximate surface area is 161 Å². The van der Waals surface area contributed by atoms with Crippen LogP contribution in [0.1, 0.15) is 15.9 Å². The van der Waals surface area contributed by atoms with Crippen LogP contribution in [0.3, 0.4) is 0 Å². The number of hydrogen-bond donors (Lipinski definition) is 0. The number of benzene rings is 2. The zero-order valence-electron chi connectivity index (χ0n) is 14.4. The lowest BCUT2D eigenvalue weighted by atomic mass is 10.0. The summed E-state index contributed by atoms with van der Waals surface area (Å²) in [7, 11) is -1.39. The molecule has 0 spiro atoms. The average Bonchev–Trinajstić information content (AvgIpc) is 3.01. The number of halogens is 1. The number of methoxy groups -OCH3 is 1. The Morgan fingerprint density at radius 3 is 2.44 bits per heavy atom. The van der Waals surface area contributed by atoms with Gasteiger partial charge >= 0.3 is 10.1 Å². The van der Waals surface area contributed by atoms with Crippen LogP contribution >= 0.6 is 11.6 Å². The van der Waals surface area contributed by atoms with E-state index in [1.165, 1.54) is 30.1 Å². The van der Waals surface area contributed by atoms with Crippen LogP contribution in [0.2, 0.25) is 5.15 Å². The van der Waals surface area contributed by atoms with Crippen LogP contribution < -0.4 is 8.92 Å². The highest BCUT2D eigenvalue weighted by Crippen LogP contribution is 2.30. The third-order valence-electron chi connectivity index (χ3n) is 3.74. The van der Waals surface area contributed by atoms with Crippen molar-refractivity contribution in [2.45, 2.75) is 5.03 Å². The highest BCUT2D eigenvalue weighted by atomic mass is 35.5. The molecule has 3 rings (SSSR count). The van der Waals surface area contributed by atoms with Gasteiger partial charge in [-0.3, -0.25) is 4.79 Å². The maximum absolute atomic E-state index is 12.8. The Morgan fingerprint density at radius 1 is 1.15 bits per heavy atom. The highest BCUT2D eigenvalue weighted by molar-refractivity contribution is 7.87. The second kappa shape index (κ2) is 7.42. The Bertz CT molecular complexity index is 1090. The van der Waals surface area contributed by atoms with Crippen LogP contribution in [0.25, 0.3) is 0 Å². The number of aromatic nitrogens is 2. The number of carbonyl (C=O) groups is 1. The number of nitrogens with zero attached hydrogens (tertiary/aromatic N) is 2. The summed E-state index contributed by atoms with van der Waals surface area (Å²) in [6.07, 6.45) is 1.25. The molecule has 0 aliphatic heterocycles. The van der Waals surface area contributed by atoms with Crippen molar-refractivity contribution in [1.82, 2.24) is 9.55 Å². The molecule has 0 radical (unpaired) electrons. The van der Waals surface area contributed by atoms with Crippen molar-refractivity contribution < 1.29 is 22.1 Å². The molecule has 7 nitrogen and oxygen atoms in total. The quantitative estimate of drug-likeness (QED) is 0.461. The van der Waals surface area contributed by atoms with Gasteiger partial charge in [0.1, 0.15) is 5.75 Å². The summed E-state index contributed by atoms with van der Waals surface area (Å²) in [5, 5.41) is -0.540. The van der Waals surface area contributed by atoms with E-state index in [-0.39, 0.29) is 16.5 Å². The third-order valence-corrected chi connectivity index (χ3v) is 5.47. The average molecular weight is 407 g/mol. The number of imidazole rings is 1. The SMILES string of the molecule is COc1ccc(C(=O)c2ccccc2)c(OS(=O)(=O)c2ncn(C)c2Cl)c1. The summed E-state index contributed by atoms with van der Waals surface area (Å²) >= 11 is 5.97. The van der Waals surface area contributed by atoms with E-state index in [2.05, 4.69) is 4.98 Å². The summed E-state index contributed by atoms with van der Waals surface area (Å²) in [6, 6.07) is 12.8. The molecule has 3 aromatic rings. The number of ether oxygens (including phenoxy) is 1. The number of rotatable bonds is 6. The third kappa shape index (κ3) is 3.81. The fourth-order valence-electron chi connectivity index (χ4n) is 2.35. The summed E-state index contributed by atoms with van der Waals surface area (Å²) < 4.78 is 36.9. The topological polar surface area (TPSA) is 87.5 Å². The van der Waals surface area contributed by atoms with E-state index in [1.54, 1.807) is 43.4 Å². The van der Waals surface area contributed by atoms with Gasteiger partial charge in [0.25, 0.3) is 0 Å². The molecule has 2 aromatic carbocycles. The predicted molar refractivity (Wildman–Crippen MR) is 98.9 cm³/mol. The van der Waals surface area contributed by atoms with Gasteiger partial charge in [-0.05, 0) is 12.1 Å². The molecule has 0 aliphatic carbocycles. The molecule has 9 heteroatoms. The molecule has 0 unspecified atom stereocenters. The number of ketones is 1. The van der Waals surface area contributed by atoms with Gasteiger partial charge in [-0.1, -0.05) is 41.9 Å². The largest absolute Gasteiger partial charge is 0.497 e. The Hall–Kier alpha value is -2.84. The predicted octanol–water partition coefficient (Wildman–Crippen LogP) is 3.08. The number of carbonyl (C=O) groups excluding carboxylic acids is 1. The van der Waals surface area contributed by atoms with Gasteiger partial charge in [0.15, 0.2) is 16.7 Å². The highest BCUT2D eigenvalue weighted by Gasteiger charge is 2.27. The Kier molecular flexibility index (Phi) is 5.20. The van der Waals surface area contributed by atoms with Gasteiger partial charge in [-0.2, -0.15) is 8.42 Å². The number of aryl methyl sites for hydroxylation is 1. The van der Waals surface area contributed by atoms with E-state index in [0.29, 0.717) is 11.3 Å². The van der Waals surface area contributed by atoms with E-state index in [4.69, 9.17) is 20.5 Å². The Morgan fingerprint density at radius 2 is 1.85 bits per heavy atom. The van der Waals surface area contributed by atoms with Gasteiger partial charge < -0.3 is 13.5 Å². The van der Waals surface area contributed by atoms with Crippen molar-refractivity contribution in [2.75, 3.05) is 7.11 Å². The molecular formula is C18H15ClN2O5S. The molecule has 1 aromatic heterocycles. The van der Waals surface area contributed by atoms with Crippen LogP contribution in [0.15, 0.2) is 59.9 Å². The minimum absolute atomic E-state index is 0.0672. The van der Waals surface area contributed by atoms with E-state index in [1.807, 2.05) is 0 Å². The van der Waals surface area contributed by atoms with Crippen LogP contribution in [-0.2, 0) is 17.2 Å². The lowest BCUT2D eigenvalue weighted by molar-refractivity contribution is 0.103. The van der Waals surface area contributed by atoms with Crippen LogP contribution in [0, 0.1) is 0 Å². The van der Waals surface area contributed by atoms with Crippen molar-refractivity contribution in [3.05, 3.63) is 71.1 Å². The number of hydrogen-bond acceptors (Lipinski definition) is 6. The molecule has 0 N–H and O–H groups in total. The first-order valence-electron chi connectivity index (χ1n) is 7.72. The summed E-state index contributed by atoms with van der Waals surface area (Å²) in [6.45, 7) is 0. The van der Waals surface area contributed by atoms with E-state index >= 15 is 0 Å². The van der Waals surface area contributed by atoms with Gasteiger partial charge in [-0.25, -0.2) is 4.98 Å². The second-order valence-electron chi connectivity index (χ2n) is 5.55. The molecule has 0 bridgehead atoms. The molecule has 1 heterocycles. The first-order valence-corrected chi connectivity index (χ1v) is 9.51. The maximum Gasteiger partial charge on any atom is 0.360 e. The first-order chi connectivity index (χ1) is 12.8. The minimum Gasteiger partial charge on any atom is -0.497 e.